The van der Waals surface area contributed by atoms with Crippen molar-refractivity contribution in [3.63, 3.8) is 0 Å². The largest absolute Gasteiger partial charge is 0.383 e. The monoisotopic (exact) mass is 300 g/mol. The van der Waals surface area contributed by atoms with E-state index in [9.17, 15) is 4.79 Å². The van der Waals surface area contributed by atoms with Crippen LogP contribution in [0.25, 0.3) is 0 Å². The van der Waals surface area contributed by atoms with Crippen molar-refractivity contribution in [1.29, 1.82) is 0 Å². The molecule has 1 amide bonds. The molecule has 0 radical (unpaired) electrons. The van der Waals surface area contributed by atoms with E-state index in [0.717, 1.165) is 19.4 Å². The predicted molar refractivity (Wildman–Crippen MR) is 83.4 cm³/mol. The zero-order valence-electron chi connectivity index (χ0n) is 12.4. The fourth-order valence-corrected chi connectivity index (χ4v) is 2.59. The Morgan fingerprint density at radius 3 is 2.85 bits per heavy atom. The van der Waals surface area contributed by atoms with Gasteiger partial charge < -0.3 is 20.7 Å². The molecule has 7 heteroatoms. The Balaban J connectivity index is 2.71. The molecule has 20 heavy (non-hydrogen) atoms. The van der Waals surface area contributed by atoms with Gasteiger partial charge in [-0.1, -0.05) is 24.7 Å². The van der Waals surface area contributed by atoms with E-state index in [4.69, 9.17) is 10.5 Å². The lowest BCUT2D eigenvalue weighted by Gasteiger charge is -2.19. The molecular weight excluding hydrogens is 276 g/mol. The minimum Gasteiger partial charge on any atom is -0.383 e. The van der Waals surface area contributed by atoms with Gasteiger partial charge in [-0.25, -0.2) is 4.98 Å². The minimum atomic E-state index is -0.0317. The van der Waals surface area contributed by atoms with Gasteiger partial charge in [0.1, 0.15) is 10.7 Å². The van der Waals surface area contributed by atoms with Gasteiger partial charge in [0.2, 0.25) is 0 Å². The first kappa shape index (κ1) is 16.7. The van der Waals surface area contributed by atoms with Crippen LogP contribution >= 0.6 is 11.3 Å². The first-order valence-corrected chi connectivity index (χ1v) is 7.74. The average Bonchev–Trinajstić information content (AvgIpc) is 2.81. The molecule has 0 bridgehead atoms. The number of aromatic nitrogens is 1. The maximum atomic E-state index is 12.4. The van der Waals surface area contributed by atoms with Gasteiger partial charge in [0.05, 0.1) is 6.61 Å². The maximum Gasteiger partial charge on any atom is 0.267 e. The summed E-state index contributed by atoms with van der Waals surface area (Å²) in [7, 11) is 1.64. The normalized spacial score (nSPS) is 10.6. The molecule has 1 aromatic rings. The third-order valence-corrected chi connectivity index (χ3v) is 3.90. The number of rotatable bonds is 9. The summed E-state index contributed by atoms with van der Waals surface area (Å²) < 4.78 is 4.96. The van der Waals surface area contributed by atoms with Crippen molar-refractivity contribution in [3.8, 4) is 0 Å². The quantitative estimate of drug-likeness (QED) is 0.682. The fraction of sp³-hybridized carbons (Fsp3) is 0.692. The van der Waals surface area contributed by atoms with Crippen LogP contribution in [-0.4, -0.2) is 49.1 Å². The Morgan fingerprint density at radius 2 is 2.25 bits per heavy atom. The van der Waals surface area contributed by atoms with Crippen LogP contribution in [0, 0.1) is 0 Å². The van der Waals surface area contributed by atoms with Gasteiger partial charge in [-0.15, -0.1) is 0 Å². The number of methoxy groups -OCH3 is 1. The number of nitrogens with one attached hydrogen (secondary N) is 1. The molecule has 0 aliphatic rings. The van der Waals surface area contributed by atoms with E-state index in [0.29, 0.717) is 35.5 Å². The highest BCUT2D eigenvalue weighted by Crippen LogP contribution is 2.26. The first-order chi connectivity index (χ1) is 9.63. The number of nitrogens with two attached hydrogens (primary N) is 1. The van der Waals surface area contributed by atoms with Crippen molar-refractivity contribution < 1.29 is 9.53 Å². The van der Waals surface area contributed by atoms with E-state index in [1.807, 2.05) is 11.8 Å². The van der Waals surface area contributed by atoms with Crippen LogP contribution in [0.15, 0.2) is 0 Å². The smallest absolute Gasteiger partial charge is 0.267 e. The standard InChI is InChI=1S/C13H24N4O2S/c1-4-6-8-17(5-2)12(18)10-11(14)16-13(20-10)15-7-9-19-3/h4-9,14H2,1-3H3,(H,15,16). The lowest BCUT2D eigenvalue weighted by atomic mass is 10.3. The molecule has 0 aromatic carbocycles. The van der Waals surface area contributed by atoms with Crippen LogP contribution < -0.4 is 11.1 Å². The number of nitrogen functional groups attached to an aromatic ring is 1. The number of amides is 1. The topological polar surface area (TPSA) is 80.5 Å². The lowest BCUT2D eigenvalue weighted by Crippen LogP contribution is -2.31. The van der Waals surface area contributed by atoms with Crippen LogP contribution in [-0.2, 0) is 4.74 Å². The van der Waals surface area contributed by atoms with Gasteiger partial charge >= 0.3 is 0 Å². The van der Waals surface area contributed by atoms with Crippen molar-refractivity contribution in [3.05, 3.63) is 4.88 Å². The number of ether oxygens (including phenoxy) is 1. The van der Waals surface area contributed by atoms with Gasteiger partial charge in [0, 0.05) is 26.7 Å². The van der Waals surface area contributed by atoms with Gasteiger partial charge in [-0.05, 0) is 13.3 Å². The predicted octanol–water partition coefficient (Wildman–Crippen LogP) is 2.05. The molecule has 0 saturated carbocycles. The molecular formula is C13H24N4O2S. The lowest BCUT2D eigenvalue weighted by molar-refractivity contribution is 0.0768. The Hall–Kier alpha value is -1.34. The Kier molecular flexibility index (Phi) is 7.32. The number of thiazole rings is 1. The van der Waals surface area contributed by atoms with Crippen molar-refractivity contribution in [1.82, 2.24) is 9.88 Å². The van der Waals surface area contributed by atoms with Crippen LogP contribution in [0.4, 0.5) is 10.9 Å². The van der Waals surface area contributed by atoms with Crippen LogP contribution in [0.3, 0.4) is 0 Å². The maximum absolute atomic E-state index is 12.4. The summed E-state index contributed by atoms with van der Waals surface area (Å²) in [6.45, 7) is 6.75. The molecule has 6 nitrogen and oxygen atoms in total. The average molecular weight is 300 g/mol. The van der Waals surface area contributed by atoms with E-state index >= 15 is 0 Å². The molecule has 1 heterocycles. The van der Waals surface area contributed by atoms with E-state index < -0.39 is 0 Å². The summed E-state index contributed by atoms with van der Waals surface area (Å²) >= 11 is 1.30. The summed E-state index contributed by atoms with van der Waals surface area (Å²) in [5.74, 6) is 0.269. The highest BCUT2D eigenvalue weighted by molar-refractivity contribution is 7.18. The second kappa shape index (κ2) is 8.76. The summed E-state index contributed by atoms with van der Waals surface area (Å²) in [5, 5.41) is 3.75. The van der Waals surface area contributed by atoms with Crippen LogP contribution in [0.1, 0.15) is 36.4 Å². The van der Waals surface area contributed by atoms with E-state index in [-0.39, 0.29) is 5.91 Å². The summed E-state index contributed by atoms with van der Waals surface area (Å²) in [6, 6.07) is 0. The Bertz CT molecular complexity index is 423. The molecule has 1 aromatic heterocycles. The van der Waals surface area contributed by atoms with Crippen molar-refractivity contribution in [2.75, 3.05) is 44.4 Å². The van der Waals surface area contributed by atoms with Gasteiger partial charge in [0.25, 0.3) is 5.91 Å². The fourth-order valence-electron chi connectivity index (χ4n) is 1.72. The zero-order valence-corrected chi connectivity index (χ0v) is 13.3. The number of carbonyl (C=O) groups is 1. The SMILES string of the molecule is CCCCN(CC)C(=O)c1sc(NCCOC)nc1N. The van der Waals surface area contributed by atoms with Gasteiger partial charge in [-0.2, -0.15) is 0 Å². The second-order valence-electron chi connectivity index (χ2n) is 4.39. The number of hydrogen-bond donors (Lipinski definition) is 2. The third kappa shape index (κ3) is 4.64. The molecule has 0 saturated heterocycles. The van der Waals surface area contributed by atoms with Crippen molar-refractivity contribution in [2.45, 2.75) is 26.7 Å². The molecule has 0 unspecified atom stereocenters. The third-order valence-electron chi connectivity index (χ3n) is 2.88. The van der Waals surface area contributed by atoms with Crippen LogP contribution in [0.5, 0.6) is 0 Å². The highest BCUT2D eigenvalue weighted by Gasteiger charge is 2.20. The second-order valence-corrected chi connectivity index (χ2v) is 5.39. The number of nitrogens with zero attached hydrogens (tertiary/aromatic N) is 2. The summed E-state index contributed by atoms with van der Waals surface area (Å²) in [4.78, 5) is 18.9. The zero-order chi connectivity index (χ0) is 15.0. The van der Waals surface area contributed by atoms with E-state index in [1.54, 1.807) is 7.11 Å². The molecule has 114 valence electrons. The number of carbonyl (C=O) groups excluding carboxylic acids is 1. The molecule has 3 N–H and O–H groups in total. The summed E-state index contributed by atoms with van der Waals surface area (Å²) in [5.41, 5.74) is 5.85. The number of unbranched alkanes of at least 4 members (excludes halogenated alkanes) is 1. The van der Waals surface area contributed by atoms with Crippen molar-refractivity contribution in [2.24, 2.45) is 0 Å². The molecule has 0 aliphatic heterocycles. The highest BCUT2D eigenvalue weighted by atomic mass is 32.1. The molecule has 0 fully saturated rings. The first-order valence-electron chi connectivity index (χ1n) is 6.92. The Labute approximate surface area is 124 Å². The molecule has 1 rings (SSSR count). The molecule has 0 spiro atoms. The van der Waals surface area contributed by atoms with E-state index in [2.05, 4.69) is 17.2 Å². The summed E-state index contributed by atoms with van der Waals surface area (Å²) in [6.07, 6.45) is 2.06. The van der Waals surface area contributed by atoms with Gasteiger partial charge in [-0.3, -0.25) is 4.79 Å². The molecule has 0 atom stereocenters. The number of anilines is 2. The Morgan fingerprint density at radius 1 is 1.50 bits per heavy atom. The van der Waals surface area contributed by atoms with Gasteiger partial charge in [0.15, 0.2) is 5.13 Å². The van der Waals surface area contributed by atoms with Crippen LogP contribution in [0.2, 0.25) is 0 Å². The molecule has 0 aliphatic carbocycles. The van der Waals surface area contributed by atoms with Crippen molar-refractivity contribution >= 4 is 28.2 Å². The minimum absolute atomic E-state index is 0.0317. The number of hydrogen-bond acceptors (Lipinski definition) is 6. The van der Waals surface area contributed by atoms with E-state index in [1.165, 1.54) is 11.3 Å².